The van der Waals surface area contributed by atoms with Crippen molar-refractivity contribution < 1.29 is 4.74 Å². The second kappa shape index (κ2) is 6.12. The first-order valence-corrected chi connectivity index (χ1v) is 6.81. The van der Waals surface area contributed by atoms with E-state index in [-0.39, 0.29) is 0 Å². The lowest BCUT2D eigenvalue weighted by Gasteiger charge is -2.18. The van der Waals surface area contributed by atoms with Crippen molar-refractivity contribution in [2.24, 2.45) is 0 Å². The molecule has 2 heterocycles. The predicted octanol–water partition coefficient (Wildman–Crippen LogP) is 1.84. The largest absolute Gasteiger partial charge is 0.479 e. The monoisotopic (exact) mass is 281 g/mol. The molecule has 0 bridgehead atoms. The first kappa shape index (κ1) is 14.0. The fraction of sp³-hybridized carbons (Fsp3) is 0.583. The van der Waals surface area contributed by atoms with Gasteiger partial charge in [0, 0.05) is 13.1 Å². The first-order chi connectivity index (χ1) is 9.21. The zero-order chi connectivity index (χ0) is 13.8. The molecule has 0 radical (unpaired) electrons. The molecular weight excluding hydrogens is 262 g/mol. The van der Waals surface area contributed by atoms with Crippen LogP contribution >= 0.6 is 12.2 Å². The number of aromatic amines is 1. The van der Waals surface area contributed by atoms with E-state index in [0.29, 0.717) is 10.7 Å². The number of nitrogens with one attached hydrogen (secondary N) is 1. The summed E-state index contributed by atoms with van der Waals surface area (Å²) in [5, 5.41) is 0. The Hall–Kier alpha value is -1.47. The predicted molar refractivity (Wildman–Crippen MR) is 77.1 cm³/mol. The van der Waals surface area contributed by atoms with Crippen LogP contribution in [-0.4, -0.2) is 51.2 Å². The maximum absolute atomic E-state index is 5.35. The van der Waals surface area contributed by atoms with Crippen molar-refractivity contribution in [3.63, 3.8) is 0 Å². The minimum atomic E-state index is 0.526. The van der Waals surface area contributed by atoms with Gasteiger partial charge in [-0.25, -0.2) is 4.98 Å². The third-order valence-corrected chi connectivity index (χ3v) is 3.58. The van der Waals surface area contributed by atoms with Gasteiger partial charge in [-0.2, -0.15) is 4.98 Å². The van der Waals surface area contributed by atoms with Gasteiger partial charge in [-0.3, -0.25) is 0 Å². The molecule has 2 aromatic heterocycles. The number of hydrogen-bond donors (Lipinski definition) is 1. The van der Waals surface area contributed by atoms with Crippen molar-refractivity contribution in [3.05, 3.63) is 11.1 Å². The molecule has 0 fully saturated rings. The summed E-state index contributed by atoms with van der Waals surface area (Å²) in [5.41, 5.74) is 1.55. The molecule has 0 atom stereocenters. The van der Waals surface area contributed by atoms with Crippen LogP contribution in [0.1, 0.15) is 13.8 Å². The van der Waals surface area contributed by atoms with Crippen LogP contribution in [0.25, 0.3) is 11.2 Å². The molecule has 7 heteroatoms. The third kappa shape index (κ3) is 2.76. The molecule has 2 rings (SSSR count). The number of imidazole rings is 1. The Morgan fingerprint density at radius 2 is 2.11 bits per heavy atom. The van der Waals surface area contributed by atoms with Crippen LogP contribution in [0.15, 0.2) is 6.33 Å². The number of hydrogen-bond acceptors (Lipinski definition) is 5. The standard InChI is InChI=1S/C12H19N5OS/c1-4-16(5-2)6-7-17-10-9(15-12(17)19)11(18-3)14-8-13-10/h8H,4-7H2,1-3H3,(H,15,19). The highest BCUT2D eigenvalue weighted by Crippen LogP contribution is 2.19. The van der Waals surface area contributed by atoms with Crippen LogP contribution in [0.5, 0.6) is 5.88 Å². The number of nitrogens with zero attached hydrogens (tertiary/aromatic N) is 4. The number of methoxy groups -OCH3 is 1. The number of fused-ring (bicyclic) bond motifs is 1. The van der Waals surface area contributed by atoms with E-state index in [2.05, 4.69) is 33.7 Å². The van der Waals surface area contributed by atoms with Crippen LogP contribution in [0.3, 0.4) is 0 Å². The molecule has 0 unspecified atom stereocenters. The Morgan fingerprint density at radius 3 is 2.74 bits per heavy atom. The summed E-state index contributed by atoms with van der Waals surface area (Å²) in [4.78, 5) is 13.8. The fourth-order valence-electron chi connectivity index (χ4n) is 2.09. The van der Waals surface area contributed by atoms with Crippen molar-refractivity contribution in [1.29, 1.82) is 0 Å². The van der Waals surface area contributed by atoms with Gasteiger partial charge in [0.05, 0.1) is 7.11 Å². The van der Waals surface area contributed by atoms with Crippen molar-refractivity contribution in [1.82, 2.24) is 24.4 Å². The Kier molecular flexibility index (Phi) is 4.49. The average Bonchev–Trinajstić information content (AvgIpc) is 2.76. The van der Waals surface area contributed by atoms with Gasteiger partial charge in [0.15, 0.2) is 10.4 Å². The van der Waals surface area contributed by atoms with Crippen molar-refractivity contribution >= 4 is 23.4 Å². The van der Waals surface area contributed by atoms with Gasteiger partial charge in [-0.05, 0) is 25.3 Å². The molecule has 0 aliphatic rings. The molecule has 1 N–H and O–H groups in total. The van der Waals surface area contributed by atoms with Crippen molar-refractivity contribution in [2.45, 2.75) is 20.4 Å². The molecular formula is C12H19N5OS. The number of ether oxygens (including phenoxy) is 1. The summed E-state index contributed by atoms with van der Waals surface area (Å²) < 4.78 is 7.86. The molecule has 19 heavy (non-hydrogen) atoms. The van der Waals surface area contributed by atoms with Crippen LogP contribution in [0.2, 0.25) is 0 Å². The Bertz CT molecular complexity index is 602. The number of aromatic nitrogens is 4. The SMILES string of the molecule is CCN(CC)CCn1c(=S)[nH]c2c(OC)ncnc21. The number of rotatable bonds is 6. The van der Waals surface area contributed by atoms with Gasteiger partial charge in [0.2, 0.25) is 5.88 Å². The average molecular weight is 281 g/mol. The zero-order valence-electron chi connectivity index (χ0n) is 11.5. The second-order valence-electron chi connectivity index (χ2n) is 4.19. The van der Waals surface area contributed by atoms with Crippen LogP contribution in [-0.2, 0) is 6.54 Å². The molecule has 0 saturated carbocycles. The molecule has 0 aromatic carbocycles. The van der Waals surface area contributed by atoms with Gasteiger partial charge >= 0.3 is 0 Å². The first-order valence-electron chi connectivity index (χ1n) is 6.41. The summed E-state index contributed by atoms with van der Waals surface area (Å²) in [6, 6.07) is 0. The maximum Gasteiger partial charge on any atom is 0.242 e. The third-order valence-electron chi connectivity index (χ3n) is 3.25. The summed E-state index contributed by atoms with van der Waals surface area (Å²) in [7, 11) is 1.59. The van der Waals surface area contributed by atoms with Crippen LogP contribution in [0.4, 0.5) is 0 Å². The molecule has 2 aromatic rings. The maximum atomic E-state index is 5.35. The van der Waals surface area contributed by atoms with E-state index >= 15 is 0 Å². The lowest BCUT2D eigenvalue weighted by atomic mass is 10.4. The summed E-state index contributed by atoms with van der Waals surface area (Å²) in [5.74, 6) is 0.526. The van der Waals surface area contributed by atoms with Crippen molar-refractivity contribution in [2.75, 3.05) is 26.7 Å². The second-order valence-corrected chi connectivity index (χ2v) is 4.58. The molecule has 0 saturated heterocycles. The van der Waals surface area contributed by atoms with E-state index in [1.807, 2.05) is 4.57 Å². The van der Waals surface area contributed by atoms with Gasteiger partial charge in [-0.1, -0.05) is 13.8 Å². The van der Waals surface area contributed by atoms with Crippen LogP contribution in [0, 0.1) is 4.77 Å². The minimum absolute atomic E-state index is 0.526. The fourth-order valence-corrected chi connectivity index (χ4v) is 2.37. The van der Waals surface area contributed by atoms with Gasteiger partial charge in [0.1, 0.15) is 11.8 Å². The van der Waals surface area contributed by atoms with Gasteiger partial charge in [-0.15, -0.1) is 0 Å². The van der Waals surface area contributed by atoms with Gasteiger partial charge in [0.25, 0.3) is 0 Å². The van der Waals surface area contributed by atoms with E-state index in [0.717, 1.165) is 37.3 Å². The lowest BCUT2D eigenvalue weighted by Crippen LogP contribution is -2.27. The summed E-state index contributed by atoms with van der Waals surface area (Å²) in [6.45, 7) is 8.13. The molecule has 0 amide bonds. The van der Waals surface area contributed by atoms with E-state index in [4.69, 9.17) is 17.0 Å². The Morgan fingerprint density at radius 1 is 1.37 bits per heavy atom. The molecule has 0 aliphatic heterocycles. The topological polar surface area (TPSA) is 59.0 Å². The highest BCUT2D eigenvalue weighted by molar-refractivity contribution is 7.71. The minimum Gasteiger partial charge on any atom is -0.479 e. The smallest absolute Gasteiger partial charge is 0.242 e. The zero-order valence-corrected chi connectivity index (χ0v) is 12.3. The van der Waals surface area contributed by atoms with E-state index in [9.17, 15) is 0 Å². The van der Waals surface area contributed by atoms with E-state index < -0.39 is 0 Å². The van der Waals surface area contributed by atoms with Gasteiger partial charge < -0.3 is 19.2 Å². The summed E-state index contributed by atoms with van der Waals surface area (Å²) in [6.07, 6.45) is 1.50. The van der Waals surface area contributed by atoms with Crippen molar-refractivity contribution in [3.8, 4) is 5.88 Å². The Labute approximate surface area is 117 Å². The molecule has 0 aliphatic carbocycles. The quantitative estimate of drug-likeness (QED) is 0.819. The Balaban J connectivity index is 2.33. The van der Waals surface area contributed by atoms with Crippen LogP contribution < -0.4 is 4.74 Å². The summed E-state index contributed by atoms with van der Waals surface area (Å²) >= 11 is 5.35. The normalized spacial score (nSPS) is 11.4. The highest BCUT2D eigenvalue weighted by Gasteiger charge is 2.11. The molecule has 6 nitrogen and oxygen atoms in total. The number of H-pyrrole nitrogens is 1. The highest BCUT2D eigenvalue weighted by atomic mass is 32.1. The lowest BCUT2D eigenvalue weighted by molar-refractivity contribution is 0.291. The van der Waals surface area contributed by atoms with E-state index in [1.54, 1.807) is 7.11 Å². The molecule has 0 spiro atoms. The molecule has 104 valence electrons. The number of likely N-dealkylation sites (N-methyl/N-ethyl adjacent to an activating group) is 1. The van der Waals surface area contributed by atoms with E-state index in [1.165, 1.54) is 6.33 Å².